The fourth-order valence-electron chi connectivity index (χ4n) is 3.02. The van der Waals surface area contributed by atoms with Crippen LogP contribution in [0.15, 0.2) is 41.2 Å². The highest BCUT2D eigenvalue weighted by Crippen LogP contribution is 2.26. The van der Waals surface area contributed by atoms with Crippen molar-refractivity contribution < 1.29 is 19.6 Å². The van der Waals surface area contributed by atoms with Crippen LogP contribution in [0.3, 0.4) is 0 Å². The number of rotatable bonds is 7. The van der Waals surface area contributed by atoms with Gasteiger partial charge in [-0.05, 0) is 49.6 Å². The standard InChI is InChI=1S/C20H20BN3O5S/c1-3-24(4-2)20-23-19(27)15-10-14(6-8-17(15)30-20)22-18(26)12-5-7-16(21(28)29)13(9-12)11-25/h5-11,28-29H,3-4H2,1-2H3,(H,22,26). The Morgan fingerprint density at radius 2 is 1.93 bits per heavy atom. The number of hydrogen-bond acceptors (Lipinski definition) is 8. The summed E-state index contributed by atoms with van der Waals surface area (Å²) in [6.07, 6.45) is 0.450. The molecule has 0 fully saturated rings. The fraction of sp³-hybridized carbons (Fsp3) is 0.200. The van der Waals surface area contributed by atoms with Crippen molar-refractivity contribution in [2.24, 2.45) is 0 Å². The first-order chi connectivity index (χ1) is 14.4. The second-order valence-corrected chi connectivity index (χ2v) is 7.48. The van der Waals surface area contributed by atoms with Crippen LogP contribution in [0, 0.1) is 0 Å². The molecule has 3 rings (SSSR count). The minimum absolute atomic E-state index is 0.00735. The van der Waals surface area contributed by atoms with E-state index in [1.165, 1.54) is 29.5 Å². The van der Waals surface area contributed by atoms with Crippen molar-refractivity contribution in [3.8, 4) is 0 Å². The molecule has 1 aromatic heterocycles. The molecule has 0 bridgehead atoms. The largest absolute Gasteiger partial charge is 0.489 e. The predicted molar refractivity (Wildman–Crippen MR) is 119 cm³/mol. The highest BCUT2D eigenvalue weighted by Gasteiger charge is 2.18. The number of benzene rings is 2. The first-order valence-electron chi connectivity index (χ1n) is 9.34. The summed E-state index contributed by atoms with van der Waals surface area (Å²) < 4.78 is 0.763. The Morgan fingerprint density at radius 3 is 2.57 bits per heavy atom. The molecule has 0 spiro atoms. The quantitative estimate of drug-likeness (QED) is 0.385. The van der Waals surface area contributed by atoms with Crippen molar-refractivity contribution >= 4 is 57.0 Å². The maximum Gasteiger partial charge on any atom is 0.489 e. The van der Waals surface area contributed by atoms with Gasteiger partial charge >= 0.3 is 7.12 Å². The number of anilines is 2. The molecule has 8 nitrogen and oxygen atoms in total. The number of aromatic nitrogens is 1. The Morgan fingerprint density at radius 1 is 1.20 bits per heavy atom. The van der Waals surface area contributed by atoms with E-state index < -0.39 is 13.0 Å². The van der Waals surface area contributed by atoms with Crippen LogP contribution in [0.5, 0.6) is 0 Å². The van der Waals surface area contributed by atoms with E-state index in [9.17, 15) is 24.4 Å². The van der Waals surface area contributed by atoms with E-state index in [-0.39, 0.29) is 22.1 Å². The van der Waals surface area contributed by atoms with Crippen LogP contribution in [0.4, 0.5) is 10.8 Å². The molecule has 154 valence electrons. The predicted octanol–water partition coefficient (Wildman–Crippen LogP) is 1.25. The van der Waals surface area contributed by atoms with E-state index in [1.807, 2.05) is 18.7 Å². The highest BCUT2D eigenvalue weighted by molar-refractivity contribution is 7.21. The van der Waals surface area contributed by atoms with Crippen LogP contribution >= 0.6 is 11.3 Å². The summed E-state index contributed by atoms with van der Waals surface area (Å²) in [7, 11) is -1.81. The molecule has 2 aromatic carbocycles. The first kappa shape index (κ1) is 21.6. The number of fused-ring (bicyclic) bond motifs is 1. The highest BCUT2D eigenvalue weighted by atomic mass is 32.1. The SMILES string of the molecule is CCN(CC)c1nc(=O)c2cc(NC(=O)c3ccc(B(O)O)c(C=O)c3)ccc2s1. The first-order valence-corrected chi connectivity index (χ1v) is 10.2. The third-order valence-corrected chi connectivity index (χ3v) is 5.76. The Hall–Kier alpha value is -3.08. The summed E-state index contributed by atoms with van der Waals surface area (Å²) in [5.41, 5.74) is 0.230. The summed E-state index contributed by atoms with van der Waals surface area (Å²) in [5.74, 6) is -0.500. The van der Waals surface area contributed by atoms with Crippen molar-refractivity contribution in [2.75, 3.05) is 23.3 Å². The minimum Gasteiger partial charge on any atom is -0.423 e. The summed E-state index contributed by atoms with van der Waals surface area (Å²) in [6.45, 7) is 5.48. The smallest absolute Gasteiger partial charge is 0.423 e. The van der Waals surface area contributed by atoms with Gasteiger partial charge in [-0.25, -0.2) is 0 Å². The second kappa shape index (κ2) is 9.16. The molecule has 1 amide bonds. The number of hydrogen-bond donors (Lipinski definition) is 3. The zero-order chi connectivity index (χ0) is 21.8. The van der Waals surface area contributed by atoms with E-state index in [0.717, 1.165) is 17.8 Å². The molecule has 3 N–H and O–H groups in total. The van der Waals surface area contributed by atoms with E-state index in [1.54, 1.807) is 18.2 Å². The van der Waals surface area contributed by atoms with Gasteiger partial charge in [-0.1, -0.05) is 17.4 Å². The van der Waals surface area contributed by atoms with Crippen LogP contribution in [0.2, 0.25) is 0 Å². The van der Waals surface area contributed by atoms with Crippen LogP contribution in [0.1, 0.15) is 34.6 Å². The molecule has 0 unspecified atom stereocenters. The molecule has 0 atom stereocenters. The lowest BCUT2D eigenvalue weighted by Gasteiger charge is -2.18. The Labute approximate surface area is 177 Å². The normalized spacial score (nSPS) is 10.7. The molecular weight excluding hydrogens is 405 g/mol. The number of amides is 1. The summed E-state index contributed by atoms with van der Waals surface area (Å²) in [4.78, 5) is 42.4. The van der Waals surface area contributed by atoms with Gasteiger partial charge in [0.05, 0.1) is 5.39 Å². The van der Waals surface area contributed by atoms with E-state index in [0.29, 0.717) is 22.5 Å². The molecular formula is C20H20BN3O5S. The summed E-state index contributed by atoms with van der Waals surface area (Å²) >= 11 is 1.41. The minimum atomic E-state index is -1.81. The maximum atomic E-state index is 12.6. The maximum absolute atomic E-state index is 12.6. The Bertz CT molecular complexity index is 1160. The number of carbonyl (C=O) groups excluding carboxylic acids is 2. The van der Waals surface area contributed by atoms with Crippen molar-refractivity contribution in [3.63, 3.8) is 0 Å². The lowest BCUT2D eigenvalue weighted by molar-refractivity contribution is 0.102. The number of nitrogens with one attached hydrogen (secondary N) is 1. The molecule has 30 heavy (non-hydrogen) atoms. The van der Waals surface area contributed by atoms with Crippen molar-refractivity contribution in [1.82, 2.24) is 4.98 Å². The van der Waals surface area contributed by atoms with Gasteiger partial charge in [0.2, 0.25) is 0 Å². The third kappa shape index (κ3) is 4.40. The number of carbonyl (C=O) groups is 2. The van der Waals surface area contributed by atoms with Gasteiger partial charge in [0.1, 0.15) is 6.29 Å². The lowest BCUT2D eigenvalue weighted by Crippen LogP contribution is -2.33. The summed E-state index contributed by atoms with van der Waals surface area (Å²) in [5, 5.41) is 22.3. The molecule has 0 aliphatic carbocycles. The Kier molecular flexibility index (Phi) is 6.61. The molecule has 10 heteroatoms. The van der Waals surface area contributed by atoms with E-state index in [4.69, 9.17) is 0 Å². The Balaban J connectivity index is 1.90. The number of aldehydes is 1. The average molecular weight is 425 g/mol. The van der Waals surface area contributed by atoms with Crippen molar-refractivity contribution in [3.05, 3.63) is 57.9 Å². The zero-order valence-corrected chi connectivity index (χ0v) is 17.3. The molecule has 0 radical (unpaired) electrons. The fourth-order valence-corrected chi connectivity index (χ4v) is 4.12. The van der Waals surface area contributed by atoms with Gasteiger partial charge in [-0.15, -0.1) is 0 Å². The zero-order valence-electron chi connectivity index (χ0n) is 16.5. The van der Waals surface area contributed by atoms with E-state index >= 15 is 0 Å². The molecule has 0 saturated carbocycles. The second-order valence-electron chi connectivity index (χ2n) is 6.47. The van der Waals surface area contributed by atoms with Gasteiger partial charge in [-0.3, -0.25) is 14.4 Å². The molecule has 0 aliphatic rings. The van der Waals surface area contributed by atoms with Crippen molar-refractivity contribution in [2.45, 2.75) is 13.8 Å². The molecule has 0 aliphatic heterocycles. The van der Waals surface area contributed by atoms with Gasteiger partial charge < -0.3 is 20.3 Å². The number of nitrogens with zero attached hydrogens (tertiary/aromatic N) is 2. The van der Waals surface area contributed by atoms with Crippen LogP contribution < -0.4 is 21.2 Å². The van der Waals surface area contributed by atoms with Crippen molar-refractivity contribution in [1.29, 1.82) is 0 Å². The topological polar surface area (TPSA) is 120 Å². The van der Waals surface area contributed by atoms with Crippen LogP contribution in [-0.4, -0.2) is 47.4 Å². The summed E-state index contributed by atoms with van der Waals surface area (Å²) in [6, 6.07) is 8.98. The molecule has 1 heterocycles. The monoisotopic (exact) mass is 425 g/mol. The van der Waals surface area contributed by atoms with Gasteiger partial charge in [-0.2, -0.15) is 4.98 Å². The van der Waals surface area contributed by atoms with Gasteiger partial charge in [0, 0.05) is 34.6 Å². The lowest BCUT2D eigenvalue weighted by atomic mass is 9.77. The average Bonchev–Trinajstić information content (AvgIpc) is 2.74. The molecule has 0 saturated heterocycles. The van der Waals surface area contributed by atoms with Gasteiger partial charge in [0.15, 0.2) is 5.13 Å². The third-order valence-electron chi connectivity index (χ3n) is 4.65. The van der Waals surface area contributed by atoms with Crippen LogP contribution in [0.25, 0.3) is 10.1 Å². The molecule has 3 aromatic rings. The van der Waals surface area contributed by atoms with E-state index in [2.05, 4.69) is 10.3 Å². The van der Waals surface area contributed by atoms with Crippen LogP contribution in [-0.2, 0) is 0 Å². The van der Waals surface area contributed by atoms with Gasteiger partial charge in [0.25, 0.3) is 11.5 Å².